The lowest BCUT2D eigenvalue weighted by molar-refractivity contribution is -0.161. The van der Waals surface area contributed by atoms with Crippen LogP contribution < -0.4 is 5.32 Å². The van der Waals surface area contributed by atoms with Crippen molar-refractivity contribution in [3.05, 3.63) is 0 Å². The minimum absolute atomic E-state index is 0.0518. The molecule has 0 spiro atoms. The summed E-state index contributed by atoms with van der Waals surface area (Å²) in [7, 11) is 0. The third-order valence-corrected chi connectivity index (χ3v) is 3.52. The number of esters is 1. The minimum Gasteiger partial charge on any atom is -0.463 e. The molecular weight excluding hydrogens is 230 g/mol. The Balaban J connectivity index is 2.34. The van der Waals surface area contributed by atoms with Crippen LogP contribution in [0, 0.1) is 5.41 Å². The second kappa shape index (κ2) is 6.53. The van der Waals surface area contributed by atoms with Crippen LogP contribution in [0.3, 0.4) is 0 Å². The summed E-state index contributed by atoms with van der Waals surface area (Å²) in [6.45, 7) is 10.7. The third kappa shape index (κ3) is 4.58. The zero-order valence-corrected chi connectivity index (χ0v) is 12.2. The van der Waals surface area contributed by atoms with Crippen LogP contribution in [0.25, 0.3) is 0 Å². The van der Waals surface area contributed by atoms with E-state index in [1.54, 1.807) is 0 Å². The first-order valence-electron chi connectivity index (χ1n) is 6.91. The molecule has 0 amide bonds. The van der Waals surface area contributed by atoms with Gasteiger partial charge in [-0.25, -0.2) is 0 Å². The average Bonchev–Trinajstić information content (AvgIpc) is 2.34. The monoisotopic (exact) mass is 257 g/mol. The van der Waals surface area contributed by atoms with Gasteiger partial charge in [-0.15, -0.1) is 0 Å². The van der Waals surface area contributed by atoms with Crippen LogP contribution in [0.4, 0.5) is 0 Å². The summed E-state index contributed by atoms with van der Waals surface area (Å²) >= 11 is 0. The highest BCUT2D eigenvalue weighted by molar-refractivity contribution is 5.77. The maximum absolute atomic E-state index is 12.2. The lowest BCUT2D eigenvalue weighted by Gasteiger charge is -2.34. The van der Waals surface area contributed by atoms with Crippen LogP contribution in [0.1, 0.15) is 47.0 Å². The van der Waals surface area contributed by atoms with Crippen molar-refractivity contribution in [1.29, 1.82) is 0 Å². The Morgan fingerprint density at radius 3 is 2.33 bits per heavy atom. The fraction of sp³-hybridized carbons (Fsp3) is 0.929. The quantitative estimate of drug-likeness (QED) is 0.605. The van der Waals surface area contributed by atoms with Gasteiger partial charge < -0.3 is 14.8 Å². The van der Waals surface area contributed by atoms with Crippen LogP contribution >= 0.6 is 0 Å². The smallest absolute Gasteiger partial charge is 0.312 e. The van der Waals surface area contributed by atoms with Crippen LogP contribution in [0.15, 0.2) is 0 Å². The van der Waals surface area contributed by atoms with Gasteiger partial charge in [0, 0.05) is 0 Å². The summed E-state index contributed by atoms with van der Waals surface area (Å²) in [6.07, 6.45) is 2.61. The molecule has 18 heavy (non-hydrogen) atoms. The van der Waals surface area contributed by atoms with E-state index in [4.69, 9.17) is 9.47 Å². The Kier molecular flexibility index (Phi) is 5.60. The van der Waals surface area contributed by atoms with Gasteiger partial charge >= 0.3 is 5.97 Å². The second-order valence-electron chi connectivity index (χ2n) is 5.98. The number of hydrogen-bond donors (Lipinski definition) is 1. The molecule has 1 heterocycles. The molecule has 4 heteroatoms. The fourth-order valence-electron chi connectivity index (χ4n) is 2.24. The third-order valence-electron chi connectivity index (χ3n) is 3.52. The lowest BCUT2D eigenvalue weighted by Crippen LogP contribution is -2.43. The minimum atomic E-state index is -0.271. The topological polar surface area (TPSA) is 47.6 Å². The molecule has 1 rings (SSSR count). The normalized spacial score (nSPS) is 19.6. The molecule has 0 radical (unpaired) electrons. The highest BCUT2D eigenvalue weighted by Gasteiger charge is 2.39. The van der Waals surface area contributed by atoms with Crippen molar-refractivity contribution in [2.75, 3.05) is 26.3 Å². The molecule has 0 aromatic heterocycles. The van der Waals surface area contributed by atoms with Gasteiger partial charge in [0.1, 0.15) is 6.61 Å². The Bertz CT molecular complexity index is 265. The number of carbonyl (C=O) groups is 1. The summed E-state index contributed by atoms with van der Waals surface area (Å²) in [6, 6.07) is 0. The summed E-state index contributed by atoms with van der Waals surface area (Å²) in [5.74, 6) is -0.0518. The molecule has 0 unspecified atom stereocenters. The lowest BCUT2D eigenvalue weighted by atomic mass is 9.77. The van der Waals surface area contributed by atoms with Crippen LogP contribution in [0.5, 0.6) is 0 Å². The summed E-state index contributed by atoms with van der Waals surface area (Å²) in [5.41, 5.74) is -0.448. The Morgan fingerprint density at radius 1 is 1.22 bits per heavy atom. The Labute approximate surface area is 110 Å². The van der Waals surface area contributed by atoms with Crippen LogP contribution in [-0.4, -0.2) is 37.9 Å². The van der Waals surface area contributed by atoms with Gasteiger partial charge in [-0.3, -0.25) is 4.79 Å². The van der Waals surface area contributed by atoms with E-state index in [2.05, 4.69) is 12.2 Å². The number of nitrogens with one attached hydrogen (secondary N) is 1. The van der Waals surface area contributed by atoms with E-state index in [1.165, 1.54) is 0 Å². The molecule has 1 N–H and O–H groups in total. The predicted octanol–water partition coefficient (Wildman–Crippen LogP) is 2.12. The van der Waals surface area contributed by atoms with Crippen molar-refractivity contribution >= 4 is 5.97 Å². The molecule has 4 nitrogen and oxygen atoms in total. The molecule has 1 aliphatic rings. The molecule has 0 aliphatic carbocycles. The van der Waals surface area contributed by atoms with Gasteiger partial charge in [0.2, 0.25) is 0 Å². The van der Waals surface area contributed by atoms with E-state index < -0.39 is 0 Å². The van der Waals surface area contributed by atoms with Crippen molar-refractivity contribution in [1.82, 2.24) is 5.32 Å². The van der Waals surface area contributed by atoms with Crippen molar-refractivity contribution in [3.63, 3.8) is 0 Å². The standard InChI is InChI=1S/C14H27NO3/c1-5-14(6-8-15-9-7-14)12(16)17-10-11-18-13(2,3)4/h15H,5-11H2,1-4H3. The zero-order chi connectivity index (χ0) is 13.6. The largest absolute Gasteiger partial charge is 0.463 e. The number of ether oxygens (including phenoxy) is 2. The van der Waals surface area contributed by atoms with E-state index in [9.17, 15) is 4.79 Å². The average molecular weight is 257 g/mol. The van der Waals surface area contributed by atoms with Gasteiger partial charge in [0.05, 0.1) is 17.6 Å². The maximum atomic E-state index is 12.2. The van der Waals surface area contributed by atoms with Crippen LogP contribution in [-0.2, 0) is 14.3 Å². The number of rotatable bonds is 5. The van der Waals surface area contributed by atoms with Crippen molar-refractivity contribution in [3.8, 4) is 0 Å². The second-order valence-corrected chi connectivity index (χ2v) is 5.98. The number of hydrogen-bond acceptors (Lipinski definition) is 4. The van der Waals surface area contributed by atoms with Gasteiger partial charge in [-0.1, -0.05) is 6.92 Å². The van der Waals surface area contributed by atoms with Gasteiger partial charge in [0.15, 0.2) is 0 Å². The molecule has 0 aromatic rings. The van der Waals surface area contributed by atoms with Crippen LogP contribution in [0.2, 0.25) is 0 Å². The first-order chi connectivity index (χ1) is 8.40. The molecular formula is C14H27NO3. The molecule has 1 aliphatic heterocycles. The first kappa shape index (κ1) is 15.4. The van der Waals surface area contributed by atoms with E-state index in [0.717, 1.165) is 32.4 Å². The Hall–Kier alpha value is -0.610. The zero-order valence-electron chi connectivity index (χ0n) is 12.2. The molecule has 1 saturated heterocycles. The highest BCUT2D eigenvalue weighted by atomic mass is 16.6. The number of carbonyl (C=O) groups excluding carboxylic acids is 1. The molecule has 0 bridgehead atoms. The highest BCUT2D eigenvalue weighted by Crippen LogP contribution is 2.33. The fourth-order valence-corrected chi connectivity index (χ4v) is 2.24. The van der Waals surface area contributed by atoms with Crippen molar-refractivity contribution in [2.24, 2.45) is 5.41 Å². The van der Waals surface area contributed by atoms with E-state index >= 15 is 0 Å². The molecule has 1 fully saturated rings. The van der Waals surface area contributed by atoms with E-state index in [1.807, 2.05) is 20.8 Å². The first-order valence-corrected chi connectivity index (χ1v) is 6.91. The Morgan fingerprint density at radius 2 is 1.83 bits per heavy atom. The summed E-state index contributed by atoms with van der Waals surface area (Å²) < 4.78 is 10.9. The molecule has 0 saturated carbocycles. The molecule has 106 valence electrons. The predicted molar refractivity (Wildman–Crippen MR) is 71.5 cm³/mol. The van der Waals surface area contributed by atoms with Gasteiger partial charge in [-0.05, 0) is 53.1 Å². The summed E-state index contributed by atoms with van der Waals surface area (Å²) in [5, 5.41) is 3.28. The molecule has 0 atom stereocenters. The van der Waals surface area contributed by atoms with E-state index in [0.29, 0.717) is 13.2 Å². The summed E-state index contributed by atoms with van der Waals surface area (Å²) in [4.78, 5) is 12.2. The molecule has 0 aromatic carbocycles. The van der Waals surface area contributed by atoms with Crippen molar-refractivity contribution < 1.29 is 14.3 Å². The van der Waals surface area contributed by atoms with Gasteiger partial charge in [0.25, 0.3) is 0 Å². The van der Waals surface area contributed by atoms with Crippen molar-refractivity contribution in [2.45, 2.75) is 52.6 Å². The maximum Gasteiger partial charge on any atom is 0.312 e. The van der Waals surface area contributed by atoms with Gasteiger partial charge in [-0.2, -0.15) is 0 Å². The SMILES string of the molecule is CCC1(C(=O)OCCOC(C)(C)C)CCNCC1. The van der Waals surface area contributed by atoms with E-state index in [-0.39, 0.29) is 17.0 Å². The number of piperidine rings is 1.